The molecule has 0 bridgehead atoms. The summed E-state index contributed by atoms with van der Waals surface area (Å²) in [6.07, 6.45) is 5.07. The number of alkyl halides is 1. The van der Waals surface area contributed by atoms with E-state index in [0.717, 1.165) is 5.56 Å². The van der Waals surface area contributed by atoms with Gasteiger partial charge in [-0.2, -0.15) is 0 Å². The molecule has 1 amide bonds. The van der Waals surface area contributed by atoms with Crippen LogP contribution in [-0.4, -0.2) is 11.9 Å². The molecule has 0 spiro atoms. The second-order valence-electron chi connectivity index (χ2n) is 5.14. The van der Waals surface area contributed by atoms with Crippen LogP contribution < -0.4 is 5.32 Å². The standard InChI is InChI=1S/C15H20ClNO/c1-11(13-6-2-3-7-13)17-15(18)14-8-4-5-12(9-14)10-16/h4-5,8-9,11,13H,2-3,6-7,10H2,1H3,(H,17,18)/t11-/m1/s1. The van der Waals surface area contributed by atoms with Crippen molar-refractivity contribution in [2.75, 3.05) is 0 Å². The highest BCUT2D eigenvalue weighted by Gasteiger charge is 2.23. The zero-order valence-corrected chi connectivity index (χ0v) is 11.5. The monoisotopic (exact) mass is 265 g/mol. The highest BCUT2D eigenvalue weighted by molar-refractivity contribution is 6.17. The summed E-state index contributed by atoms with van der Waals surface area (Å²) >= 11 is 5.78. The number of benzene rings is 1. The Labute approximate surface area is 114 Å². The fraction of sp³-hybridized carbons (Fsp3) is 0.533. The summed E-state index contributed by atoms with van der Waals surface area (Å²) in [4.78, 5) is 12.1. The van der Waals surface area contributed by atoms with E-state index in [1.807, 2.05) is 24.3 Å². The zero-order valence-electron chi connectivity index (χ0n) is 10.8. The minimum absolute atomic E-state index is 0.0152. The van der Waals surface area contributed by atoms with Crippen molar-refractivity contribution in [3.05, 3.63) is 35.4 Å². The van der Waals surface area contributed by atoms with Crippen molar-refractivity contribution in [1.82, 2.24) is 5.32 Å². The van der Waals surface area contributed by atoms with E-state index in [1.165, 1.54) is 25.7 Å². The van der Waals surface area contributed by atoms with Gasteiger partial charge < -0.3 is 5.32 Å². The number of nitrogens with one attached hydrogen (secondary N) is 1. The van der Waals surface area contributed by atoms with Gasteiger partial charge in [0.2, 0.25) is 0 Å². The van der Waals surface area contributed by atoms with Crippen molar-refractivity contribution in [3.8, 4) is 0 Å². The van der Waals surface area contributed by atoms with Gasteiger partial charge in [0.1, 0.15) is 0 Å². The number of hydrogen-bond acceptors (Lipinski definition) is 1. The highest BCUT2D eigenvalue weighted by atomic mass is 35.5. The van der Waals surface area contributed by atoms with Gasteiger partial charge in [0, 0.05) is 17.5 Å². The lowest BCUT2D eigenvalue weighted by atomic mass is 9.99. The second-order valence-corrected chi connectivity index (χ2v) is 5.41. The summed E-state index contributed by atoms with van der Waals surface area (Å²) in [5, 5.41) is 3.11. The Morgan fingerprint density at radius 1 is 1.44 bits per heavy atom. The predicted octanol–water partition coefficient (Wildman–Crippen LogP) is 3.73. The lowest BCUT2D eigenvalue weighted by molar-refractivity contribution is 0.0927. The molecule has 1 aromatic rings. The molecule has 0 heterocycles. The minimum Gasteiger partial charge on any atom is -0.349 e. The molecule has 1 aromatic carbocycles. The predicted molar refractivity (Wildman–Crippen MR) is 74.9 cm³/mol. The van der Waals surface area contributed by atoms with Crippen LogP contribution in [-0.2, 0) is 5.88 Å². The quantitative estimate of drug-likeness (QED) is 0.826. The van der Waals surface area contributed by atoms with Crippen LogP contribution in [0.15, 0.2) is 24.3 Å². The van der Waals surface area contributed by atoms with Crippen LogP contribution in [0.2, 0.25) is 0 Å². The first kappa shape index (κ1) is 13.4. The fourth-order valence-electron chi connectivity index (χ4n) is 2.66. The smallest absolute Gasteiger partial charge is 0.251 e. The van der Waals surface area contributed by atoms with Gasteiger partial charge in [0.15, 0.2) is 0 Å². The molecule has 0 radical (unpaired) electrons. The molecule has 3 heteroatoms. The third-order valence-electron chi connectivity index (χ3n) is 3.81. The van der Waals surface area contributed by atoms with E-state index in [1.54, 1.807) is 0 Å². The number of halogens is 1. The van der Waals surface area contributed by atoms with E-state index in [9.17, 15) is 4.79 Å². The van der Waals surface area contributed by atoms with Gasteiger partial charge in [0.25, 0.3) is 5.91 Å². The van der Waals surface area contributed by atoms with E-state index in [4.69, 9.17) is 11.6 Å². The molecule has 2 nitrogen and oxygen atoms in total. The molecule has 98 valence electrons. The molecule has 0 aromatic heterocycles. The lowest BCUT2D eigenvalue weighted by Gasteiger charge is -2.20. The van der Waals surface area contributed by atoms with Gasteiger partial charge in [-0.15, -0.1) is 11.6 Å². The summed E-state index contributed by atoms with van der Waals surface area (Å²) in [6, 6.07) is 7.78. The normalized spacial score (nSPS) is 17.7. The van der Waals surface area contributed by atoms with E-state index in [0.29, 0.717) is 17.4 Å². The van der Waals surface area contributed by atoms with Crippen LogP contribution in [0.5, 0.6) is 0 Å². The Hall–Kier alpha value is -1.02. The largest absolute Gasteiger partial charge is 0.349 e. The summed E-state index contributed by atoms with van der Waals surface area (Å²) in [7, 11) is 0. The van der Waals surface area contributed by atoms with Crippen molar-refractivity contribution < 1.29 is 4.79 Å². The topological polar surface area (TPSA) is 29.1 Å². The van der Waals surface area contributed by atoms with Crippen molar-refractivity contribution in [3.63, 3.8) is 0 Å². The molecule has 2 rings (SSSR count). The number of carbonyl (C=O) groups excluding carboxylic acids is 1. The second kappa shape index (κ2) is 6.24. The average molecular weight is 266 g/mol. The van der Waals surface area contributed by atoms with Crippen LogP contribution in [0.25, 0.3) is 0 Å². The molecule has 1 N–H and O–H groups in total. The Bertz CT molecular complexity index is 413. The van der Waals surface area contributed by atoms with Gasteiger partial charge >= 0.3 is 0 Å². The van der Waals surface area contributed by atoms with Crippen LogP contribution in [0.3, 0.4) is 0 Å². The molecule has 18 heavy (non-hydrogen) atoms. The highest BCUT2D eigenvalue weighted by Crippen LogP contribution is 2.27. The van der Waals surface area contributed by atoms with Crippen LogP contribution in [0.1, 0.15) is 48.5 Å². The summed E-state index contributed by atoms with van der Waals surface area (Å²) in [5.41, 5.74) is 1.69. The van der Waals surface area contributed by atoms with Crippen LogP contribution in [0.4, 0.5) is 0 Å². The van der Waals surface area contributed by atoms with Crippen molar-refractivity contribution in [2.45, 2.75) is 44.5 Å². The Balaban J connectivity index is 1.97. The number of rotatable bonds is 4. The summed E-state index contributed by atoms with van der Waals surface area (Å²) in [5.74, 6) is 1.10. The molecule has 1 fully saturated rings. The van der Waals surface area contributed by atoms with Gasteiger partial charge in [-0.3, -0.25) is 4.79 Å². The molecule has 1 atom stereocenters. The number of hydrogen-bond donors (Lipinski definition) is 1. The Morgan fingerprint density at radius 2 is 2.17 bits per heavy atom. The summed E-state index contributed by atoms with van der Waals surface area (Å²) < 4.78 is 0. The van der Waals surface area contributed by atoms with Crippen LogP contribution in [0, 0.1) is 5.92 Å². The average Bonchev–Trinajstić information content (AvgIpc) is 2.92. The van der Waals surface area contributed by atoms with E-state index < -0.39 is 0 Å². The molecule has 0 saturated heterocycles. The van der Waals surface area contributed by atoms with Crippen molar-refractivity contribution in [1.29, 1.82) is 0 Å². The first-order valence-corrected chi connectivity index (χ1v) is 7.20. The first-order valence-electron chi connectivity index (χ1n) is 6.66. The maximum atomic E-state index is 12.1. The van der Waals surface area contributed by atoms with E-state index >= 15 is 0 Å². The van der Waals surface area contributed by atoms with E-state index in [-0.39, 0.29) is 11.9 Å². The van der Waals surface area contributed by atoms with Crippen molar-refractivity contribution in [2.24, 2.45) is 5.92 Å². The minimum atomic E-state index is 0.0152. The lowest BCUT2D eigenvalue weighted by Crippen LogP contribution is -2.37. The van der Waals surface area contributed by atoms with E-state index in [2.05, 4.69) is 12.2 Å². The third kappa shape index (κ3) is 3.26. The molecule has 0 aliphatic heterocycles. The van der Waals surface area contributed by atoms with Crippen LogP contribution >= 0.6 is 11.6 Å². The molecule has 0 unspecified atom stereocenters. The molecule has 1 aliphatic carbocycles. The summed E-state index contributed by atoms with van der Waals surface area (Å²) in [6.45, 7) is 2.11. The molecule has 1 aliphatic rings. The zero-order chi connectivity index (χ0) is 13.0. The Morgan fingerprint density at radius 3 is 2.83 bits per heavy atom. The van der Waals surface area contributed by atoms with Gasteiger partial charge in [0.05, 0.1) is 0 Å². The third-order valence-corrected chi connectivity index (χ3v) is 4.12. The first-order chi connectivity index (χ1) is 8.70. The van der Waals surface area contributed by atoms with Gasteiger partial charge in [-0.1, -0.05) is 25.0 Å². The maximum Gasteiger partial charge on any atom is 0.251 e. The molecular weight excluding hydrogens is 246 g/mol. The Kier molecular flexibility index (Phi) is 4.65. The molecule has 1 saturated carbocycles. The van der Waals surface area contributed by atoms with Crippen molar-refractivity contribution >= 4 is 17.5 Å². The fourth-order valence-corrected chi connectivity index (χ4v) is 2.83. The number of carbonyl (C=O) groups is 1. The van der Waals surface area contributed by atoms with Gasteiger partial charge in [-0.05, 0) is 43.4 Å². The number of amides is 1. The maximum absolute atomic E-state index is 12.1. The SMILES string of the molecule is C[C@@H](NC(=O)c1cccc(CCl)c1)C1CCCC1. The van der Waals surface area contributed by atoms with Gasteiger partial charge in [-0.25, -0.2) is 0 Å². The molecular formula is C15H20ClNO.